The van der Waals surface area contributed by atoms with E-state index >= 15 is 0 Å². The third-order valence-electron chi connectivity index (χ3n) is 1.65. The van der Waals surface area contributed by atoms with Gasteiger partial charge in [0.05, 0.1) is 0 Å². The molecule has 13 heavy (non-hydrogen) atoms. The molecule has 1 aromatic rings. The molecule has 0 unspecified atom stereocenters. The molecular formula is C8H10BClO3. The summed E-state index contributed by atoms with van der Waals surface area (Å²) in [5, 5.41) is 17.9. The minimum Gasteiger partial charge on any atom is -0.512 e. The van der Waals surface area contributed by atoms with Crippen molar-refractivity contribution in [3.63, 3.8) is 0 Å². The Morgan fingerprint density at radius 1 is 1.23 bits per heavy atom. The highest BCUT2D eigenvalue weighted by atomic mass is 35.5. The van der Waals surface area contributed by atoms with E-state index < -0.39 is 7.32 Å². The Morgan fingerprint density at radius 2 is 1.69 bits per heavy atom. The van der Waals surface area contributed by atoms with Gasteiger partial charge in [0.15, 0.2) is 0 Å². The fraction of sp³-hybridized carbons (Fsp3) is 0.250. The van der Waals surface area contributed by atoms with E-state index in [2.05, 4.69) is 0 Å². The maximum absolute atomic E-state index is 8.62. The lowest BCUT2D eigenvalue weighted by Crippen LogP contribution is -2.21. The Kier molecular flexibility index (Phi) is 3.19. The zero-order valence-corrected chi connectivity index (χ0v) is 8.17. The van der Waals surface area contributed by atoms with Gasteiger partial charge in [0.1, 0.15) is 5.75 Å². The van der Waals surface area contributed by atoms with Crippen LogP contribution in [0.4, 0.5) is 0 Å². The summed E-state index contributed by atoms with van der Waals surface area (Å²) < 4.78 is 4.78. The van der Waals surface area contributed by atoms with E-state index in [0.29, 0.717) is 10.8 Å². The summed E-state index contributed by atoms with van der Waals surface area (Å²) in [5.74, 6) is 0.458. The van der Waals surface area contributed by atoms with Crippen LogP contribution in [0.5, 0.6) is 5.75 Å². The van der Waals surface area contributed by atoms with Crippen molar-refractivity contribution in [3.8, 4) is 5.75 Å². The van der Waals surface area contributed by atoms with Gasteiger partial charge in [-0.15, -0.1) is 0 Å². The van der Waals surface area contributed by atoms with Crippen molar-refractivity contribution < 1.29 is 14.7 Å². The molecule has 70 valence electrons. The average Bonchev–Trinajstić information content (AvgIpc) is 1.96. The van der Waals surface area contributed by atoms with E-state index in [1.54, 1.807) is 26.0 Å². The third kappa shape index (κ3) is 2.62. The minimum atomic E-state index is -1.79. The second-order valence-corrected chi connectivity index (χ2v) is 3.25. The van der Waals surface area contributed by atoms with Crippen molar-refractivity contribution in [2.75, 3.05) is 0 Å². The Balaban J connectivity index is 3.06. The molecule has 0 aromatic heterocycles. The van der Waals surface area contributed by atoms with Crippen LogP contribution in [0.2, 0.25) is 5.02 Å². The van der Waals surface area contributed by atoms with E-state index in [9.17, 15) is 0 Å². The van der Waals surface area contributed by atoms with E-state index in [0.717, 1.165) is 11.1 Å². The van der Waals surface area contributed by atoms with Gasteiger partial charge in [0.25, 0.3) is 0 Å². The standard InChI is InChI=1S/C8H10BClO3/c1-5-3-7(10)4-6(2)8(5)13-9(11)12/h3-4,11-12H,1-2H3. The van der Waals surface area contributed by atoms with Gasteiger partial charge in [-0.05, 0) is 37.1 Å². The molecule has 0 aliphatic heterocycles. The molecule has 0 radical (unpaired) electrons. The minimum absolute atomic E-state index is 0.458. The van der Waals surface area contributed by atoms with Crippen LogP contribution in [-0.2, 0) is 0 Å². The summed E-state index contributed by atoms with van der Waals surface area (Å²) in [6.45, 7) is 3.58. The lowest BCUT2D eigenvalue weighted by molar-refractivity contribution is 0.286. The zero-order chi connectivity index (χ0) is 10.0. The second kappa shape index (κ2) is 4.00. The van der Waals surface area contributed by atoms with Crippen molar-refractivity contribution in [1.29, 1.82) is 0 Å². The monoisotopic (exact) mass is 200 g/mol. The summed E-state index contributed by atoms with van der Waals surface area (Å²) in [6.07, 6.45) is 0. The quantitative estimate of drug-likeness (QED) is 0.708. The van der Waals surface area contributed by atoms with Gasteiger partial charge in [-0.3, -0.25) is 0 Å². The fourth-order valence-corrected chi connectivity index (χ4v) is 1.52. The zero-order valence-electron chi connectivity index (χ0n) is 7.41. The third-order valence-corrected chi connectivity index (χ3v) is 1.87. The van der Waals surface area contributed by atoms with Crippen LogP contribution in [0.25, 0.3) is 0 Å². The number of halogens is 1. The lowest BCUT2D eigenvalue weighted by atomic mass is 10.1. The molecule has 0 atom stereocenters. The Morgan fingerprint density at radius 3 is 2.08 bits per heavy atom. The Bertz CT molecular complexity index is 291. The van der Waals surface area contributed by atoms with Crippen molar-refractivity contribution in [1.82, 2.24) is 0 Å². The molecular weight excluding hydrogens is 190 g/mol. The number of hydrogen-bond donors (Lipinski definition) is 2. The lowest BCUT2D eigenvalue weighted by Gasteiger charge is -2.11. The van der Waals surface area contributed by atoms with Crippen LogP contribution in [0.15, 0.2) is 12.1 Å². The van der Waals surface area contributed by atoms with Gasteiger partial charge < -0.3 is 14.7 Å². The van der Waals surface area contributed by atoms with Crippen LogP contribution in [-0.4, -0.2) is 17.4 Å². The summed E-state index contributed by atoms with van der Waals surface area (Å²) in [4.78, 5) is 0. The molecule has 0 heterocycles. The molecule has 0 saturated heterocycles. The van der Waals surface area contributed by atoms with E-state index in [4.69, 9.17) is 26.3 Å². The van der Waals surface area contributed by atoms with Gasteiger partial charge >= 0.3 is 7.32 Å². The molecule has 5 heteroatoms. The summed E-state index contributed by atoms with van der Waals surface area (Å²) in [5.41, 5.74) is 1.55. The van der Waals surface area contributed by atoms with Crippen LogP contribution < -0.4 is 4.65 Å². The fourth-order valence-electron chi connectivity index (χ4n) is 1.19. The first-order valence-electron chi connectivity index (χ1n) is 3.80. The highest BCUT2D eigenvalue weighted by Crippen LogP contribution is 2.26. The Hall–Kier alpha value is -0.705. The highest BCUT2D eigenvalue weighted by Gasteiger charge is 2.15. The van der Waals surface area contributed by atoms with E-state index in [1.807, 2.05) is 0 Å². The van der Waals surface area contributed by atoms with Crippen molar-refractivity contribution >= 4 is 18.9 Å². The predicted octanol–water partition coefficient (Wildman–Crippen LogP) is 1.31. The Labute approximate surface area is 82.1 Å². The predicted molar refractivity (Wildman–Crippen MR) is 51.7 cm³/mol. The van der Waals surface area contributed by atoms with Gasteiger partial charge in [0, 0.05) is 5.02 Å². The molecule has 2 N–H and O–H groups in total. The van der Waals surface area contributed by atoms with Crippen LogP contribution in [0.1, 0.15) is 11.1 Å². The molecule has 1 rings (SSSR count). The molecule has 0 saturated carbocycles. The normalized spacial score (nSPS) is 9.92. The van der Waals surface area contributed by atoms with Crippen molar-refractivity contribution in [2.45, 2.75) is 13.8 Å². The van der Waals surface area contributed by atoms with E-state index in [-0.39, 0.29) is 0 Å². The maximum atomic E-state index is 8.62. The van der Waals surface area contributed by atoms with Crippen LogP contribution >= 0.6 is 11.6 Å². The summed E-state index contributed by atoms with van der Waals surface area (Å²) >= 11 is 5.78. The molecule has 0 spiro atoms. The summed E-state index contributed by atoms with van der Waals surface area (Å²) in [6, 6.07) is 3.40. The number of hydrogen-bond acceptors (Lipinski definition) is 3. The first-order valence-corrected chi connectivity index (χ1v) is 4.18. The van der Waals surface area contributed by atoms with Gasteiger partial charge in [-0.2, -0.15) is 0 Å². The first kappa shape index (κ1) is 10.4. The van der Waals surface area contributed by atoms with Gasteiger partial charge in [-0.1, -0.05) is 11.6 Å². The van der Waals surface area contributed by atoms with Crippen LogP contribution in [0.3, 0.4) is 0 Å². The SMILES string of the molecule is Cc1cc(Cl)cc(C)c1OB(O)O. The van der Waals surface area contributed by atoms with E-state index in [1.165, 1.54) is 0 Å². The largest absolute Gasteiger partial charge is 0.707 e. The average molecular weight is 200 g/mol. The molecule has 0 aliphatic rings. The van der Waals surface area contributed by atoms with Crippen LogP contribution in [0, 0.1) is 13.8 Å². The second-order valence-electron chi connectivity index (χ2n) is 2.81. The molecule has 0 fully saturated rings. The highest BCUT2D eigenvalue weighted by molar-refractivity contribution is 6.34. The topological polar surface area (TPSA) is 49.7 Å². The smallest absolute Gasteiger partial charge is 0.512 e. The first-order chi connectivity index (χ1) is 6.00. The maximum Gasteiger partial charge on any atom is 0.707 e. The van der Waals surface area contributed by atoms with Crippen molar-refractivity contribution in [3.05, 3.63) is 28.3 Å². The molecule has 0 bridgehead atoms. The molecule has 1 aromatic carbocycles. The van der Waals surface area contributed by atoms with Gasteiger partial charge in [0.2, 0.25) is 0 Å². The van der Waals surface area contributed by atoms with Crippen molar-refractivity contribution in [2.24, 2.45) is 0 Å². The summed E-state index contributed by atoms with van der Waals surface area (Å²) in [7, 11) is -1.79. The van der Waals surface area contributed by atoms with Gasteiger partial charge in [-0.25, -0.2) is 0 Å². The number of benzene rings is 1. The molecule has 3 nitrogen and oxygen atoms in total. The molecule has 0 amide bonds. The molecule has 0 aliphatic carbocycles. The number of aryl methyl sites for hydroxylation is 2. The number of rotatable bonds is 2.